The van der Waals surface area contributed by atoms with Crippen molar-refractivity contribution < 1.29 is 13.2 Å². The van der Waals surface area contributed by atoms with Crippen LogP contribution in [0.2, 0.25) is 0 Å². The Morgan fingerprint density at radius 1 is 1.09 bits per heavy atom. The lowest BCUT2D eigenvalue weighted by Gasteiger charge is -2.13. The van der Waals surface area contributed by atoms with E-state index in [0.717, 1.165) is 23.5 Å². The van der Waals surface area contributed by atoms with Gasteiger partial charge in [-0.15, -0.1) is 0 Å². The number of nitrogens with zero attached hydrogens (tertiary/aromatic N) is 4. The van der Waals surface area contributed by atoms with E-state index in [9.17, 15) is 13.7 Å². The lowest BCUT2D eigenvalue weighted by molar-refractivity contribution is 0.480. The Bertz CT molecular complexity index is 1380. The highest BCUT2D eigenvalue weighted by atomic mass is 32.2. The Hall–Kier alpha value is -3.81. The van der Waals surface area contributed by atoms with Crippen LogP contribution >= 0.6 is 11.5 Å². The van der Waals surface area contributed by atoms with Gasteiger partial charge in [0.15, 0.2) is 5.75 Å². The number of hydrogen-bond acceptors (Lipinski definition) is 8. The van der Waals surface area contributed by atoms with Crippen LogP contribution in [-0.4, -0.2) is 22.8 Å². The van der Waals surface area contributed by atoms with Crippen molar-refractivity contribution in [2.75, 3.05) is 4.72 Å². The molecule has 0 atom stereocenters. The third kappa shape index (κ3) is 4.59. The molecule has 0 aliphatic carbocycles. The number of aromatic nitrogens is 3. The van der Waals surface area contributed by atoms with Gasteiger partial charge in [-0.2, -0.15) is 9.64 Å². The zero-order valence-corrected chi connectivity index (χ0v) is 18.5. The van der Waals surface area contributed by atoms with E-state index < -0.39 is 10.0 Å². The van der Waals surface area contributed by atoms with E-state index in [1.165, 1.54) is 30.1 Å². The zero-order chi connectivity index (χ0) is 22.6. The van der Waals surface area contributed by atoms with Gasteiger partial charge in [0.1, 0.15) is 23.8 Å². The molecule has 0 fully saturated rings. The second-order valence-electron chi connectivity index (χ2n) is 6.62. The number of nitriles is 1. The van der Waals surface area contributed by atoms with Gasteiger partial charge >= 0.3 is 0 Å². The molecular weight excluding hydrogens is 446 g/mol. The monoisotopic (exact) mass is 463 g/mol. The molecule has 2 aromatic heterocycles. The van der Waals surface area contributed by atoms with E-state index in [2.05, 4.69) is 26.0 Å². The van der Waals surface area contributed by atoms with E-state index in [1.807, 2.05) is 30.3 Å². The summed E-state index contributed by atoms with van der Waals surface area (Å²) < 4.78 is 37.3. The van der Waals surface area contributed by atoms with Gasteiger partial charge in [-0.1, -0.05) is 31.2 Å². The molecule has 2 aromatic carbocycles. The smallest absolute Gasteiger partial charge is 0.263 e. The van der Waals surface area contributed by atoms with Crippen molar-refractivity contribution in [3.05, 3.63) is 78.2 Å². The predicted octanol–water partition coefficient (Wildman–Crippen LogP) is 4.63. The number of hydrogen-bond donors (Lipinski definition) is 1. The molecule has 1 N–H and O–H groups in total. The molecule has 4 aromatic rings. The summed E-state index contributed by atoms with van der Waals surface area (Å²) in [5, 5.41) is 9.74. The average molecular weight is 464 g/mol. The van der Waals surface area contributed by atoms with E-state index in [4.69, 9.17) is 4.74 Å². The maximum Gasteiger partial charge on any atom is 0.263 e. The number of aryl methyl sites for hydroxylation is 1. The standard InChI is InChI=1S/C22H17N5O3S2/c1-2-15-5-7-16(8-6-15)21-20(4-3-11-24-21)30-19-10-9-18(12-17(19)13-23)32(28,29)27-22-25-14-26-31-22/h3-12,14H,2H2,1H3,(H,25,26,27). The first kappa shape index (κ1) is 21.4. The van der Waals surface area contributed by atoms with Crippen LogP contribution < -0.4 is 9.46 Å². The van der Waals surface area contributed by atoms with E-state index in [1.54, 1.807) is 18.3 Å². The minimum absolute atomic E-state index is 0.0706. The Labute approximate surface area is 189 Å². The lowest BCUT2D eigenvalue weighted by atomic mass is 10.1. The minimum Gasteiger partial charge on any atom is -0.454 e. The van der Waals surface area contributed by atoms with Crippen LogP contribution in [0.1, 0.15) is 18.1 Å². The van der Waals surface area contributed by atoms with Crippen LogP contribution in [-0.2, 0) is 16.4 Å². The molecule has 0 radical (unpaired) electrons. The Morgan fingerprint density at radius 2 is 1.91 bits per heavy atom. The van der Waals surface area contributed by atoms with Crippen molar-refractivity contribution in [3.63, 3.8) is 0 Å². The molecule has 2 heterocycles. The number of benzene rings is 2. The summed E-state index contributed by atoms with van der Waals surface area (Å²) in [6.07, 6.45) is 3.85. The molecule has 0 saturated heterocycles. The van der Waals surface area contributed by atoms with Gasteiger partial charge in [-0.3, -0.25) is 9.71 Å². The quantitative estimate of drug-likeness (QED) is 0.424. The van der Waals surface area contributed by atoms with Crippen molar-refractivity contribution in [1.82, 2.24) is 14.3 Å². The summed E-state index contributed by atoms with van der Waals surface area (Å²) in [6.45, 7) is 2.08. The molecule has 0 spiro atoms. The molecule has 160 valence electrons. The highest BCUT2D eigenvalue weighted by Crippen LogP contribution is 2.34. The van der Waals surface area contributed by atoms with E-state index >= 15 is 0 Å². The highest BCUT2D eigenvalue weighted by molar-refractivity contribution is 7.93. The third-order valence-corrected chi connectivity index (χ3v) is 6.64. The molecular formula is C22H17N5O3S2. The summed E-state index contributed by atoms with van der Waals surface area (Å²) in [6, 6.07) is 17.5. The normalized spacial score (nSPS) is 11.0. The second kappa shape index (κ2) is 9.13. The van der Waals surface area contributed by atoms with E-state index in [0.29, 0.717) is 11.4 Å². The van der Waals surface area contributed by atoms with Crippen LogP contribution in [0.15, 0.2) is 72.0 Å². The Morgan fingerprint density at radius 3 is 2.59 bits per heavy atom. The number of anilines is 1. The fourth-order valence-electron chi connectivity index (χ4n) is 2.95. The van der Waals surface area contributed by atoms with Crippen LogP contribution in [0.5, 0.6) is 11.5 Å². The SMILES string of the molecule is CCc1ccc(-c2ncccc2Oc2ccc(S(=O)(=O)Nc3ncns3)cc2C#N)cc1. The summed E-state index contributed by atoms with van der Waals surface area (Å²) in [7, 11) is -3.92. The molecule has 0 aliphatic heterocycles. The summed E-state index contributed by atoms with van der Waals surface area (Å²) >= 11 is 0.913. The molecule has 8 nitrogen and oxygen atoms in total. The fraction of sp³-hybridized carbons (Fsp3) is 0.0909. The third-order valence-electron chi connectivity index (χ3n) is 4.59. The maximum atomic E-state index is 12.6. The number of nitrogens with one attached hydrogen (secondary N) is 1. The van der Waals surface area contributed by atoms with Gasteiger partial charge in [0.25, 0.3) is 10.0 Å². The molecule has 0 aliphatic rings. The topological polar surface area (TPSA) is 118 Å². The molecule has 0 saturated carbocycles. The van der Waals surface area contributed by atoms with Gasteiger partial charge in [0.05, 0.1) is 10.5 Å². The number of sulfonamides is 1. The maximum absolute atomic E-state index is 12.6. The largest absolute Gasteiger partial charge is 0.454 e. The second-order valence-corrected chi connectivity index (χ2v) is 9.09. The summed E-state index contributed by atoms with van der Waals surface area (Å²) in [5.74, 6) is 0.678. The van der Waals surface area contributed by atoms with Gasteiger partial charge in [-0.25, -0.2) is 13.4 Å². The Kier molecular flexibility index (Phi) is 6.11. The predicted molar refractivity (Wildman–Crippen MR) is 121 cm³/mol. The van der Waals surface area contributed by atoms with Gasteiger partial charge in [0, 0.05) is 23.3 Å². The first-order chi connectivity index (χ1) is 15.5. The fourth-order valence-corrected chi connectivity index (χ4v) is 4.64. The average Bonchev–Trinajstić information content (AvgIpc) is 3.32. The van der Waals surface area contributed by atoms with Crippen LogP contribution in [0.25, 0.3) is 11.3 Å². The number of pyridine rings is 1. The van der Waals surface area contributed by atoms with E-state index in [-0.39, 0.29) is 21.3 Å². The van der Waals surface area contributed by atoms with Crippen molar-refractivity contribution in [3.8, 4) is 28.8 Å². The molecule has 10 heteroatoms. The van der Waals surface area contributed by atoms with Crippen molar-refractivity contribution >= 4 is 26.7 Å². The number of ether oxygens (including phenoxy) is 1. The minimum atomic E-state index is -3.92. The molecule has 32 heavy (non-hydrogen) atoms. The molecule has 0 bridgehead atoms. The summed E-state index contributed by atoms with van der Waals surface area (Å²) in [5.41, 5.74) is 2.77. The molecule has 4 rings (SSSR count). The molecule has 0 amide bonds. The Balaban J connectivity index is 1.65. The van der Waals surface area contributed by atoms with Gasteiger partial charge < -0.3 is 4.74 Å². The van der Waals surface area contributed by atoms with Crippen LogP contribution in [0.4, 0.5) is 5.13 Å². The van der Waals surface area contributed by atoms with Crippen LogP contribution in [0, 0.1) is 11.3 Å². The molecule has 0 unspecified atom stereocenters. The lowest BCUT2D eigenvalue weighted by Crippen LogP contribution is -2.13. The van der Waals surface area contributed by atoms with Crippen molar-refractivity contribution in [1.29, 1.82) is 5.26 Å². The summed E-state index contributed by atoms with van der Waals surface area (Å²) in [4.78, 5) is 8.16. The first-order valence-electron chi connectivity index (χ1n) is 9.56. The number of rotatable bonds is 7. The highest BCUT2D eigenvalue weighted by Gasteiger charge is 2.19. The van der Waals surface area contributed by atoms with Gasteiger partial charge in [-0.05, 0) is 42.3 Å². The van der Waals surface area contributed by atoms with Crippen molar-refractivity contribution in [2.24, 2.45) is 0 Å². The zero-order valence-electron chi connectivity index (χ0n) is 16.9. The van der Waals surface area contributed by atoms with Crippen LogP contribution in [0.3, 0.4) is 0 Å². The first-order valence-corrected chi connectivity index (χ1v) is 11.8. The van der Waals surface area contributed by atoms with Crippen molar-refractivity contribution in [2.45, 2.75) is 18.2 Å². The van der Waals surface area contributed by atoms with Gasteiger partial charge in [0.2, 0.25) is 5.13 Å².